The molecule has 25 heavy (non-hydrogen) atoms. The number of nitrogens with one attached hydrogen (secondary N) is 1. The number of aromatic nitrogens is 1. The van der Waals surface area contributed by atoms with Crippen LogP contribution < -0.4 is 5.32 Å². The molecule has 0 aliphatic rings. The Labute approximate surface area is 147 Å². The predicted octanol–water partition coefficient (Wildman–Crippen LogP) is 4.78. The molecular formula is C20H21N3O2. The first-order chi connectivity index (χ1) is 12.1. The number of amides is 2. The molecule has 2 aromatic carbocycles. The Bertz CT molecular complexity index is 813. The molecule has 1 heterocycles. The molecule has 0 saturated carbocycles. The Morgan fingerprint density at radius 1 is 1.08 bits per heavy atom. The van der Waals surface area contributed by atoms with Gasteiger partial charge < -0.3 is 9.42 Å². The summed E-state index contributed by atoms with van der Waals surface area (Å²) in [6.45, 7) is 4.51. The van der Waals surface area contributed by atoms with Gasteiger partial charge in [-0.05, 0) is 19.4 Å². The van der Waals surface area contributed by atoms with E-state index in [1.54, 1.807) is 11.0 Å². The third-order valence-electron chi connectivity index (χ3n) is 3.88. The minimum atomic E-state index is -0.202. The highest BCUT2D eigenvalue weighted by molar-refractivity contribution is 5.89. The van der Waals surface area contributed by atoms with Gasteiger partial charge in [0.25, 0.3) is 0 Å². The van der Waals surface area contributed by atoms with Crippen LogP contribution in [-0.4, -0.2) is 22.1 Å². The predicted molar refractivity (Wildman–Crippen MR) is 98.1 cm³/mol. The number of anilines is 1. The summed E-state index contributed by atoms with van der Waals surface area (Å²) in [5.74, 6) is 1.03. The van der Waals surface area contributed by atoms with E-state index in [1.165, 1.54) is 0 Å². The van der Waals surface area contributed by atoms with Gasteiger partial charge in [0.15, 0.2) is 11.6 Å². The molecule has 0 aliphatic carbocycles. The van der Waals surface area contributed by atoms with Gasteiger partial charge in [-0.25, -0.2) is 4.79 Å². The van der Waals surface area contributed by atoms with E-state index in [0.717, 1.165) is 11.1 Å². The number of carbonyl (C=O) groups excluding carboxylic acids is 1. The van der Waals surface area contributed by atoms with E-state index in [2.05, 4.69) is 10.5 Å². The molecule has 3 aromatic rings. The van der Waals surface area contributed by atoms with Crippen molar-refractivity contribution in [1.29, 1.82) is 0 Å². The van der Waals surface area contributed by atoms with Crippen LogP contribution in [0.3, 0.4) is 0 Å². The van der Waals surface area contributed by atoms with Gasteiger partial charge in [0.1, 0.15) is 0 Å². The van der Waals surface area contributed by atoms with Crippen molar-refractivity contribution in [2.45, 2.75) is 26.4 Å². The van der Waals surface area contributed by atoms with E-state index in [-0.39, 0.29) is 12.1 Å². The molecule has 5 nitrogen and oxygen atoms in total. The largest absolute Gasteiger partial charge is 0.354 e. The van der Waals surface area contributed by atoms with Crippen LogP contribution in [0.1, 0.15) is 19.4 Å². The normalized spacial score (nSPS) is 10.7. The van der Waals surface area contributed by atoms with Gasteiger partial charge in [0.05, 0.1) is 0 Å². The van der Waals surface area contributed by atoms with Crippen molar-refractivity contribution in [1.82, 2.24) is 10.1 Å². The Morgan fingerprint density at radius 3 is 2.36 bits per heavy atom. The van der Waals surface area contributed by atoms with E-state index in [1.807, 2.05) is 74.5 Å². The summed E-state index contributed by atoms with van der Waals surface area (Å²) in [5.41, 5.74) is 2.00. The summed E-state index contributed by atoms with van der Waals surface area (Å²) < 4.78 is 5.33. The Hall–Kier alpha value is -3.08. The van der Waals surface area contributed by atoms with Crippen molar-refractivity contribution in [3.63, 3.8) is 0 Å². The van der Waals surface area contributed by atoms with E-state index >= 15 is 0 Å². The molecule has 1 N–H and O–H groups in total. The molecule has 128 valence electrons. The van der Waals surface area contributed by atoms with Crippen LogP contribution in [0.25, 0.3) is 11.3 Å². The number of benzene rings is 2. The van der Waals surface area contributed by atoms with Gasteiger partial charge in [-0.2, -0.15) is 0 Å². The maximum Gasteiger partial charge on any atom is 0.323 e. The molecular weight excluding hydrogens is 314 g/mol. The molecule has 0 saturated heterocycles. The first-order valence-electron chi connectivity index (χ1n) is 8.27. The van der Waals surface area contributed by atoms with Crippen LogP contribution in [0.2, 0.25) is 0 Å². The zero-order chi connectivity index (χ0) is 17.6. The summed E-state index contributed by atoms with van der Waals surface area (Å²) in [6.07, 6.45) is 0. The number of hydrogen-bond donors (Lipinski definition) is 1. The zero-order valence-corrected chi connectivity index (χ0v) is 14.3. The highest BCUT2D eigenvalue weighted by Gasteiger charge is 2.19. The summed E-state index contributed by atoms with van der Waals surface area (Å²) >= 11 is 0. The van der Waals surface area contributed by atoms with Gasteiger partial charge in [-0.1, -0.05) is 65.8 Å². The topological polar surface area (TPSA) is 58.4 Å². The highest BCUT2D eigenvalue weighted by atomic mass is 16.5. The number of hydrogen-bond acceptors (Lipinski definition) is 3. The molecule has 0 atom stereocenters. The van der Waals surface area contributed by atoms with E-state index < -0.39 is 0 Å². The molecule has 0 aliphatic heterocycles. The molecule has 2 amide bonds. The number of carbonyl (C=O) groups is 1. The summed E-state index contributed by atoms with van der Waals surface area (Å²) in [4.78, 5) is 14.4. The second-order valence-corrected chi connectivity index (χ2v) is 6.08. The second-order valence-electron chi connectivity index (χ2n) is 6.08. The van der Waals surface area contributed by atoms with Gasteiger partial charge in [-0.3, -0.25) is 5.32 Å². The molecule has 0 radical (unpaired) electrons. The number of nitrogens with zero attached hydrogens (tertiary/aromatic N) is 2. The van der Waals surface area contributed by atoms with E-state index in [4.69, 9.17) is 4.52 Å². The third kappa shape index (κ3) is 4.26. The average molecular weight is 335 g/mol. The lowest BCUT2D eigenvalue weighted by atomic mass is 10.2. The van der Waals surface area contributed by atoms with Crippen LogP contribution >= 0.6 is 0 Å². The molecule has 0 fully saturated rings. The van der Waals surface area contributed by atoms with Crippen LogP contribution in [0.15, 0.2) is 71.3 Å². The minimum Gasteiger partial charge on any atom is -0.354 e. The van der Waals surface area contributed by atoms with E-state index in [0.29, 0.717) is 18.1 Å². The third-order valence-corrected chi connectivity index (χ3v) is 3.88. The Balaban J connectivity index is 1.70. The van der Waals surface area contributed by atoms with Gasteiger partial charge >= 0.3 is 6.03 Å². The fourth-order valence-electron chi connectivity index (χ4n) is 2.52. The summed E-state index contributed by atoms with van der Waals surface area (Å²) in [7, 11) is 0. The Morgan fingerprint density at radius 2 is 1.72 bits per heavy atom. The first kappa shape index (κ1) is 16.8. The fourth-order valence-corrected chi connectivity index (χ4v) is 2.52. The van der Waals surface area contributed by atoms with Crippen molar-refractivity contribution in [2.75, 3.05) is 5.32 Å². The van der Waals surface area contributed by atoms with Crippen LogP contribution in [0, 0.1) is 0 Å². The van der Waals surface area contributed by atoms with Gasteiger partial charge in [0, 0.05) is 24.2 Å². The van der Waals surface area contributed by atoms with Crippen molar-refractivity contribution in [3.05, 3.63) is 72.3 Å². The molecule has 0 bridgehead atoms. The molecule has 0 unspecified atom stereocenters. The van der Waals surface area contributed by atoms with Gasteiger partial charge in [-0.15, -0.1) is 0 Å². The molecule has 3 rings (SSSR count). The van der Waals surface area contributed by atoms with Crippen LogP contribution in [0.4, 0.5) is 10.6 Å². The smallest absolute Gasteiger partial charge is 0.323 e. The molecule has 1 aromatic heterocycles. The lowest BCUT2D eigenvalue weighted by Crippen LogP contribution is -2.39. The maximum absolute atomic E-state index is 12.6. The van der Waals surface area contributed by atoms with Crippen molar-refractivity contribution < 1.29 is 9.32 Å². The van der Waals surface area contributed by atoms with Crippen molar-refractivity contribution in [2.24, 2.45) is 0 Å². The van der Waals surface area contributed by atoms with Crippen molar-refractivity contribution >= 4 is 11.8 Å². The summed E-state index contributed by atoms with van der Waals surface area (Å²) in [6, 6.07) is 21.2. The first-order valence-corrected chi connectivity index (χ1v) is 8.27. The van der Waals surface area contributed by atoms with Crippen molar-refractivity contribution in [3.8, 4) is 11.3 Å². The lowest BCUT2D eigenvalue weighted by Gasteiger charge is -2.26. The van der Waals surface area contributed by atoms with E-state index in [9.17, 15) is 4.79 Å². The standard InChI is InChI=1S/C20H21N3O2/c1-15(2)23(14-16-9-5-3-6-10-16)20(24)21-19-13-18(25-22-19)17-11-7-4-8-12-17/h3-13,15H,14H2,1-2H3,(H,21,22,24). The zero-order valence-electron chi connectivity index (χ0n) is 14.3. The second kappa shape index (κ2) is 7.66. The molecule has 0 spiro atoms. The molecule has 5 heteroatoms. The Kier molecular flexibility index (Phi) is 5.14. The fraction of sp³-hybridized carbons (Fsp3) is 0.200. The minimum absolute atomic E-state index is 0.0562. The quantitative estimate of drug-likeness (QED) is 0.729. The van der Waals surface area contributed by atoms with Crippen LogP contribution in [0.5, 0.6) is 0 Å². The maximum atomic E-state index is 12.6. The average Bonchev–Trinajstić information content (AvgIpc) is 3.09. The van der Waals surface area contributed by atoms with Gasteiger partial charge in [0.2, 0.25) is 0 Å². The SMILES string of the molecule is CC(C)N(Cc1ccccc1)C(=O)Nc1cc(-c2ccccc2)on1. The number of urea groups is 1. The number of rotatable bonds is 5. The van der Waals surface area contributed by atoms with Crippen LogP contribution in [-0.2, 0) is 6.54 Å². The monoisotopic (exact) mass is 335 g/mol. The summed E-state index contributed by atoms with van der Waals surface area (Å²) in [5, 5.41) is 6.76. The lowest BCUT2D eigenvalue weighted by molar-refractivity contribution is 0.193. The highest BCUT2D eigenvalue weighted by Crippen LogP contribution is 2.22.